The molecule has 0 saturated carbocycles. The zero-order valence-corrected chi connectivity index (χ0v) is 11.3. The Bertz CT molecular complexity index is 332. The molecule has 0 bridgehead atoms. The summed E-state index contributed by atoms with van der Waals surface area (Å²) in [6.45, 7) is 7.54. The van der Waals surface area contributed by atoms with Gasteiger partial charge in [-0.15, -0.1) is 0 Å². The molecule has 5 nitrogen and oxygen atoms in total. The summed E-state index contributed by atoms with van der Waals surface area (Å²) in [5.74, 6) is 0.742. The number of rotatable bonds is 1. The molecule has 0 aliphatic carbocycles. The lowest BCUT2D eigenvalue weighted by Crippen LogP contribution is -2.47. The molecule has 2 heterocycles. The zero-order chi connectivity index (χ0) is 13.1. The lowest BCUT2D eigenvalue weighted by molar-refractivity contribution is -0.134. The Morgan fingerprint density at radius 2 is 1.78 bits per heavy atom. The van der Waals surface area contributed by atoms with Crippen molar-refractivity contribution < 1.29 is 9.59 Å². The highest BCUT2D eigenvalue weighted by Crippen LogP contribution is 2.17. The Labute approximate surface area is 108 Å². The van der Waals surface area contributed by atoms with Crippen LogP contribution in [0.15, 0.2) is 0 Å². The molecule has 2 aliphatic rings. The number of hydrogen-bond donors (Lipinski definition) is 1. The second kappa shape index (κ2) is 5.69. The van der Waals surface area contributed by atoms with Gasteiger partial charge in [-0.25, -0.2) is 0 Å². The second-order valence-electron chi connectivity index (χ2n) is 5.38. The van der Waals surface area contributed by atoms with E-state index in [4.69, 9.17) is 0 Å². The smallest absolute Gasteiger partial charge is 0.240 e. The summed E-state index contributed by atoms with van der Waals surface area (Å²) in [6, 6.07) is -0.0196. The molecule has 5 heteroatoms. The van der Waals surface area contributed by atoms with Crippen LogP contribution in [0, 0.1) is 5.92 Å². The number of nitrogens with one attached hydrogen (secondary N) is 1. The van der Waals surface area contributed by atoms with Gasteiger partial charge in [0.1, 0.15) is 0 Å². The van der Waals surface area contributed by atoms with E-state index in [1.807, 2.05) is 9.80 Å². The predicted octanol–water partition coefficient (Wildman–Crippen LogP) is 0.0652. The fourth-order valence-corrected chi connectivity index (χ4v) is 2.81. The van der Waals surface area contributed by atoms with Gasteiger partial charge in [-0.2, -0.15) is 0 Å². The molecular weight excluding hydrogens is 230 g/mol. The molecule has 2 aliphatic heterocycles. The molecule has 0 aromatic rings. The first-order valence-corrected chi connectivity index (χ1v) is 6.87. The molecule has 18 heavy (non-hydrogen) atoms. The van der Waals surface area contributed by atoms with E-state index in [-0.39, 0.29) is 17.9 Å². The summed E-state index contributed by atoms with van der Waals surface area (Å²) >= 11 is 0. The number of carbonyl (C=O) groups is 2. The van der Waals surface area contributed by atoms with Gasteiger partial charge in [0.25, 0.3) is 0 Å². The molecule has 0 aromatic heterocycles. The quantitative estimate of drug-likeness (QED) is 0.719. The second-order valence-corrected chi connectivity index (χ2v) is 5.38. The van der Waals surface area contributed by atoms with Gasteiger partial charge in [-0.3, -0.25) is 9.59 Å². The maximum absolute atomic E-state index is 12.4. The van der Waals surface area contributed by atoms with Gasteiger partial charge in [-0.05, 0) is 25.3 Å². The third kappa shape index (κ3) is 2.83. The van der Waals surface area contributed by atoms with Crippen LogP contribution in [0.3, 0.4) is 0 Å². The number of carbonyl (C=O) groups excluding carboxylic acids is 2. The molecular formula is C13H23N3O2. The summed E-state index contributed by atoms with van der Waals surface area (Å²) < 4.78 is 0. The minimum atomic E-state index is -0.0196. The van der Waals surface area contributed by atoms with Crippen molar-refractivity contribution in [3.8, 4) is 0 Å². The summed E-state index contributed by atoms with van der Waals surface area (Å²) in [7, 11) is 0. The van der Waals surface area contributed by atoms with Crippen LogP contribution in [0.2, 0.25) is 0 Å². The largest absolute Gasteiger partial charge is 0.341 e. The number of nitrogens with zero attached hydrogens (tertiary/aromatic N) is 2. The van der Waals surface area contributed by atoms with E-state index in [0.29, 0.717) is 19.0 Å². The van der Waals surface area contributed by atoms with Gasteiger partial charge < -0.3 is 15.1 Å². The molecule has 0 spiro atoms. The molecule has 2 saturated heterocycles. The van der Waals surface area contributed by atoms with Crippen molar-refractivity contribution in [3.05, 3.63) is 0 Å². The Morgan fingerprint density at radius 3 is 2.39 bits per heavy atom. The highest BCUT2D eigenvalue weighted by Gasteiger charge is 2.33. The van der Waals surface area contributed by atoms with Crippen LogP contribution in [0.5, 0.6) is 0 Å². The van der Waals surface area contributed by atoms with Crippen LogP contribution in [0.25, 0.3) is 0 Å². The average Bonchev–Trinajstić information content (AvgIpc) is 2.63. The Hall–Kier alpha value is -1.10. The molecule has 0 aromatic carbocycles. The van der Waals surface area contributed by atoms with Gasteiger partial charge in [0.2, 0.25) is 11.8 Å². The minimum Gasteiger partial charge on any atom is -0.341 e. The van der Waals surface area contributed by atoms with Crippen molar-refractivity contribution in [2.75, 3.05) is 32.7 Å². The van der Waals surface area contributed by atoms with E-state index in [9.17, 15) is 9.59 Å². The Balaban J connectivity index is 1.93. The molecule has 2 atom stereocenters. The van der Waals surface area contributed by atoms with Crippen molar-refractivity contribution in [1.29, 1.82) is 0 Å². The molecule has 2 amide bonds. The van der Waals surface area contributed by atoms with Gasteiger partial charge >= 0.3 is 0 Å². The van der Waals surface area contributed by atoms with E-state index in [1.54, 1.807) is 6.92 Å². The first-order valence-electron chi connectivity index (χ1n) is 6.87. The topological polar surface area (TPSA) is 52.7 Å². The normalized spacial score (nSPS) is 29.2. The van der Waals surface area contributed by atoms with Crippen molar-refractivity contribution >= 4 is 11.8 Å². The maximum Gasteiger partial charge on any atom is 0.240 e. The Kier molecular flexibility index (Phi) is 4.22. The highest BCUT2D eigenvalue weighted by atomic mass is 16.2. The van der Waals surface area contributed by atoms with E-state index in [0.717, 1.165) is 32.5 Å². The molecule has 2 fully saturated rings. The van der Waals surface area contributed by atoms with Crippen molar-refractivity contribution in [2.24, 2.45) is 5.92 Å². The first-order chi connectivity index (χ1) is 8.59. The van der Waals surface area contributed by atoms with Crippen LogP contribution in [-0.4, -0.2) is 60.4 Å². The van der Waals surface area contributed by atoms with Crippen LogP contribution < -0.4 is 5.32 Å². The number of hydrogen-bond acceptors (Lipinski definition) is 3. The molecule has 1 N–H and O–H groups in total. The molecule has 102 valence electrons. The fourth-order valence-electron chi connectivity index (χ4n) is 2.81. The minimum absolute atomic E-state index is 0.0196. The molecule has 2 rings (SSSR count). The summed E-state index contributed by atoms with van der Waals surface area (Å²) in [5, 5.41) is 3.29. The van der Waals surface area contributed by atoms with E-state index >= 15 is 0 Å². The van der Waals surface area contributed by atoms with Crippen LogP contribution in [0.4, 0.5) is 0 Å². The Morgan fingerprint density at radius 1 is 1.11 bits per heavy atom. The number of amides is 2. The predicted molar refractivity (Wildman–Crippen MR) is 69.0 cm³/mol. The van der Waals surface area contributed by atoms with Crippen LogP contribution >= 0.6 is 0 Å². The summed E-state index contributed by atoms with van der Waals surface area (Å²) in [5.41, 5.74) is 0. The van der Waals surface area contributed by atoms with Gasteiger partial charge in [0.15, 0.2) is 0 Å². The maximum atomic E-state index is 12.4. The lowest BCUT2D eigenvalue weighted by atomic mass is 10.0. The van der Waals surface area contributed by atoms with Gasteiger partial charge in [0.05, 0.1) is 6.04 Å². The zero-order valence-electron chi connectivity index (χ0n) is 11.3. The standard InChI is InChI=1S/C13H23N3O2/c1-10-4-5-14-12(10)13(18)16-7-3-6-15(8-9-16)11(2)17/h10,12,14H,3-9H2,1-2H3. The summed E-state index contributed by atoms with van der Waals surface area (Å²) in [4.78, 5) is 27.5. The fraction of sp³-hybridized carbons (Fsp3) is 0.846. The van der Waals surface area contributed by atoms with Gasteiger partial charge in [0, 0.05) is 33.1 Å². The lowest BCUT2D eigenvalue weighted by Gasteiger charge is -2.26. The van der Waals surface area contributed by atoms with Crippen molar-refractivity contribution in [2.45, 2.75) is 32.7 Å². The average molecular weight is 253 g/mol. The third-order valence-corrected chi connectivity index (χ3v) is 4.05. The summed E-state index contributed by atoms with van der Waals surface area (Å²) in [6.07, 6.45) is 1.95. The van der Waals surface area contributed by atoms with Crippen molar-refractivity contribution in [3.63, 3.8) is 0 Å². The molecule has 2 unspecified atom stereocenters. The first kappa shape index (κ1) is 13.3. The van der Waals surface area contributed by atoms with Gasteiger partial charge in [-0.1, -0.05) is 6.92 Å². The van der Waals surface area contributed by atoms with E-state index in [1.165, 1.54) is 0 Å². The molecule has 0 radical (unpaired) electrons. The highest BCUT2D eigenvalue weighted by molar-refractivity contribution is 5.82. The van der Waals surface area contributed by atoms with Crippen molar-refractivity contribution in [1.82, 2.24) is 15.1 Å². The monoisotopic (exact) mass is 253 g/mol. The SMILES string of the molecule is CC(=O)N1CCCN(C(=O)C2NCCC2C)CC1. The van der Waals surface area contributed by atoms with Crippen LogP contribution in [0.1, 0.15) is 26.7 Å². The third-order valence-electron chi connectivity index (χ3n) is 4.05. The van der Waals surface area contributed by atoms with Crippen LogP contribution in [-0.2, 0) is 9.59 Å². The van der Waals surface area contributed by atoms with E-state index < -0.39 is 0 Å². The van der Waals surface area contributed by atoms with E-state index in [2.05, 4.69) is 12.2 Å².